The topological polar surface area (TPSA) is 55.5 Å². The summed E-state index contributed by atoms with van der Waals surface area (Å²) in [6.45, 7) is 1.81. The zero-order chi connectivity index (χ0) is 6.91. The molecule has 1 rings (SSSR count). The maximum absolute atomic E-state index is 9.36. The molecule has 0 aromatic carbocycles. The Kier molecular flexibility index (Phi) is 1.75. The van der Waals surface area contributed by atoms with Crippen LogP contribution in [0.15, 0.2) is 0 Å². The molecule has 2 atom stereocenters. The van der Waals surface area contributed by atoms with Gasteiger partial charge in [0, 0.05) is 6.42 Å². The van der Waals surface area contributed by atoms with E-state index in [1.165, 1.54) is 0 Å². The van der Waals surface area contributed by atoms with Crippen LogP contribution in [0.4, 0.5) is 0 Å². The summed E-state index contributed by atoms with van der Waals surface area (Å²) >= 11 is 0. The molecule has 1 fully saturated rings. The van der Waals surface area contributed by atoms with Crippen molar-refractivity contribution in [1.29, 1.82) is 0 Å². The first-order valence-electron chi connectivity index (χ1n) is 3.22. The van der Waals surface area contributed by atoms with Crippen LogP contribution in [0.5, 0.6) is 0 Å². The van der Waals surface area contributed by atoms with Gasteiger partial charge in [0.2, 0.25) is 0 Å². The van der Waals surface area contributed by atoms with Gasteiger partial charge in [-0.2, -0.15) is 0 Å². The number of hydrogen-bond donors (Lipinski definition) is 2. The molecular formula is C6H13NO2. The molecule has 3 heteroatoms. The van der Waals surface area contributed by atoms with Gasteiger partial charge >= 0.3 is 0 Å². The fraction of sp³-hybridized carbons (Fsp3) is 1.00. The van der Waals surface area contributed by atoms with Gasteiger partial charge in [-0.05, 0) is 19.8 Å². The second kappa shape index (κ2) is 2.25. The summed E-state index contributed by atoms with van der Waals surface area (Å²) in [6.07, 6.45) is 2.42. The minimum Gasteiger partial charge on any atom is -0.390 e. The van der Waals surface area contributed by atoms with Crippen LogP contribution in [-0.2, 0) is 4.84 Å². The number of rotatable bonds is 1. The molecule has 0 bridgehead atoms. The fourth-order valence-corrected chi connectivity index (χ4v) is 1.28. The summed E-state index contributed by atoms with van der Waals surface area (Å²) in [5.74, 6) is 4.94. The molecule has 0 radical (unpaired) electrons. The van der Waals surface area contributed by atoms with Gasteiger partial charge in [-0.25, -0.2) is 5.90 Å². The Bertz CT molecular complexity index is 103. The molecule has 0 aromatic rings. The first kappa shape index (κ1) is 6.99. The van der Waals surface area contributed by atoms with Crippen molar-refractivity contribution in [1.82, 2.24) is 0 Å². The van der Waals surface area contributed by atoms with Crippen molar-refractivity contribution in [3.05, 3.63) is 0 Å². The Labute approximate surface area is 54.8 Å². The molecule has 1 saturated carbocycles. The summed E-state index contributed by atoms with van der Waals surface area (Å²) in [5, 5.41) is 9.36. The van der Waals surface area contributed by atoms with Crippen LogP contribution in [0.25, 0.3) is 0 Å². The Hall–Kier alpha value is -0.120. The SMILES string of the molecule is CC1(O)CCC(ON)C1. The van der Waals surface area contributed by atoms with Crippen molar-refractivity contribution in [2.45, 2.75) is 37.9 Å². The van der Waals surface area contributed by atoms with Gasteiger partial charge in [-0.1, -0.05) is 0 Å². The first-order chi connectivity index (χ1) is 4.14. The van der Waals surface area contributed by atoms with Crippen molar-refractivity contribution in [2.24, 2.45) is 5.90 Å². The van der Waals surface area contributed by atoms with Crippen molar-refractivity contribution in [3.8, 4) is 0 Å². The minimum absolute atomic E-state index is 0.0694. The molecule has 3 nitrogen and oxygen atoms in total. The number of aliphatic hydroxyl groups is 1. The predicted molar refractivity (Wildman–Crippen MR) is 33.5 cm³/mol. The van der Waals surface area contributed by atoms with Crippen LogP contribution in [0.3, 0.4) is 0 Å². The van der Waals surface area contributed by atoms with E-state index in [4.69, 9.17) is 5.90 Å². The summed E-state index contributed by atoms with van der Waals surface area (Å²) in [4.78, 5) is 4.59. The monoisotopic (exact) mass is 131 g/mol. The molecule has 0 spiro atoms. The summed E-state index contributed by atoms with van der Waals surface area (Å²) < 4.78 is 0. The van der Waals surface area contributed by atoms with E-state index in [0.717, 1.165) is 12.8 Å². The summed E-state index contributed by atoms with van der Waals surface area (Å²) in [6, 6.07) is 0. The van der Waals surface area contributed by atoms with Crippen LogP contribution < -0.4 is 5.90 Å². The fourth-order valence-electron chi connectivity index (χ4n) is 1.28. The lowest BCUT2D eigenvalue weighted by Crippen LogP contribution is -2.22. The molecule has 0 aromatic heterocycles. The molecule has 54 valence electrons. The van der Waals surface area contributed by atoms with E-state index in [0.29, 0.717) is 6.42 Å². The Morgan fingerprint density at radius 1 is 1.78 bits per heavy atom. The van der Waals surface area contributed by atoms with Crippen LogP contribution in [-0.4, -0.2) is 16.8 Å². The van der Waals surface area contributed by atoms with Gasteiger partial charge in [0.15, 0.2) is 0 Å². The quantitative estimate of drug-likeness (QED) is 0.499. The first-order valence-corrected chi connectivity index (χ1v) is 3.22. The highest BCUT2D eigenvalue weighted by Crippen LogP contribution is 2.30. The smallest absolute Gasteiger partial charge is 0.0815 e. The molecule has 0 saturated heterocycles. The van der Waals surface area contributed by atoms with E-state index in [2.05, 4.69) is 4.84 Å². The lowest BCUT2D eigenvalue weighted by atomic mass is 10.1. The van der Waals surface area contributed by atoms with E-state index in [-0.39, 0.29) is 6.10 Å². The number of hydrogen-bond acceptors (Lipinski definition) is 3. The average Bonchev–Trinajstić information content (AvgIpc) is 2.10. The maximum Gasteiger partial charge on any atom is 0.0815 e. The van der Waals surface area contributed by atoms with E-state index in [9.17, 15) is 5.11 Å². The third-order valence-electron chi connectivity index (χ3n) is 1.86. The molecule has 0 aliphatic heterocycles. The van der Waals surface area contributed by atoms with Gasteiger partial charge in [-0.15, -0.1) is 0 Å². The highest BCUT2D eigenvalue weighted by molar-refractivity contribution is 4.85. The van der Waals surface area contributed by atoms with Crippen LogP contribution in [0, 0.1) is 0 Å². The Balaban J connectivity index is 2.38. The molecule has 9 heavy (non-hydrogen) atoms. The second-order valence-electron chi connectivity index (χ2n) is 3.00. The third kappa shape index (κ3) is 1.64. The zero-order valence-electron chi connectivity index (χ0n) is 5.63. The van der Waals surface area contributed by atoms with Crippen molar-refractivity contribution in [3.63, 3.8) is 0 Å². The molecule has 1 aliphatic carbocycles. The highest BCUT2D eigenvalue weighted by atomic mass is 16.6. The van der Waals surface area contributed by atoms with E-state index in [1.54, 1.807) is 0 Å². The molecular weight excluding hydrogens is 118 g/mol. The van der Waals surface area contributed by atoms with Gasteiger partial charge in [0.05, 0.1) is 11.7 Å². The van der Waals surface area contributed by atoms with Crippen molar-refractivity contribution >= 4 is 0 Å². The molecule has 3 N–H and O–H groups in total. The van der Waals surface area contributed by atoms with Gasteiger partial charge in [-0.3, -0.25) is 0 Å². The summed E-state index contributed by atoms with van der Waals surface area (Å²) in [7, 11) is 0. The Morgan fingerprint density at radius 2 is 2.44 bits per heavy atom. The second-order valence-corrected chi connectivity index (χ2v) is 3.00. The lowest BCUT2D eigenvalue weighted by Gasteiger charge is -2.14. The summed E-state index contributed by atoms with van der Waals surface area (Å²) in [5.41, 5.74) is -0.538. The maximum atomic E-state index is 9.36. The van der Waals surface area contributed by atoms with E-state index < -0.39 is 5.60 Å². The van der Waals surface area contributed by atoms with Crippen LogP contribution >= 0.6 is 0 Å². The Morgan fingerprint density at radius 3 is 2.67 bits per heavy atom. The normalized spacial score (nSPS) is 43.7. The standard InChI is InChI=1S/C6H13NO2/c1-6(8)3-2-5(4-6)9-7/h5,8H,2-4,7H2,1H3. The molecule has 1 aliphatic rings. The van der Waals surface area contributed by atoms with Gasteiger partial charge in [0.1, 0.15) is 0 Å². The predicted octanol–water partition coefficient (Wildman–Crippen LogP) is 0.180. The average molecular weight is 131 g/mol. The zero-order valence-corrected chi connectivity index (χ0v) is 5.63. The minimum atomic E-state index is -0.538. The van der Waals surface area contributed by atoms with Crippen LogP contribution in [0.2, 0.25) is 0 Å². The van der Waals surface area contributed by atoms with E-state index >= 15 is 0 Å². The van der Waals surface area contributed by atoms with Crippen molar-refractivity contribution in [2.75, 3.05) is 0 Å². The van der Waals surface area contributed by atoms with E-state index in [1.807, 2.05) is 6.92 Å². The van der Waals surface area contributed by atoms with Gasteiger partial charge < -0.3 is 9.94 Å². The van der Waals surface area contributed by atoms with Crippen molar-refractivity contribution < 1.29 is 9.94 Å². The largest absolute Gasteiger partial charge is 0.390 e. The lowest BCUT2D eigenvalue weighted by molar-refractivity contribution is 0.0177. The molecule has 2 unspecified atom stereocenters. The third-order valence-corrected chi connectivity index (χ3v) is 1.86. The molecule has 0 amide bonds. The number of nitrogens with two attached hydrogens (primary N) is 1. The highest BCUT2D eigenvalue weighted by Gasteiger charge is 2.33. The molecule has 0 heterocycles. The van der Waals surface area contributed by atoms with Gasteiger partial charge in [0.25, 0.3) is 0 Å². The van der Waals surface area contributed by atoms with Crippen LogP contribution in [0.1, 0.15) is 26.2 Å².